The number of rotatable bonds is 7. The van der Waals surface area contributed by atoms with Crippen LogP contribution in [0.25, 0.3) is 17.1 Å². The van der Waals surface area contributed by atoms with Crippen LogP contribution in [0, 0.1) is 12.7 Å². The van der Waals surface area contributed by atoms with E-state index in [0.29, 0.717) is 28.0 Å². The van der Waals surface area contributed by atoms with Crippen LogP contribution in [-0.2, 0) is 4.79 Å². The summed E-state index contributed by atoms with van der Waals surface area (Å²) in [6.45, 7) is 3.78. The van der Waals surface area contributed by atoms with E-state index in [1.165, 1.54) is 17.8 Å². The fourth-order valence-corrected chi connectivity index (χ4v) is 4.15. The number of carbonyl (C=O) groups excluding carboxylic acids is 1. The van der Waals surface area contributed by atoms with Crippen LogP contribution in [0.4, 0.5) is 10.1 Å². The van der Waals surface area contributed by atoms with Crippen molar-refractivity contribution in [2.45, 2.75) is 24.3 Å². The quantitative estimate of drug-likeness (QED) is 0.367. The maximum atomic E-state index is 14.6. The summed E-state index contributed by atoms with van der Waals surface area (Å²) in [5.41, 5.74) is 2.80. The van der Waals surface area contributed by atoms with E-state index in [4.69, 9.17) is 4.74 Å². The van der Waals surface area contributed by atoms with Crippen LogP contribution in [0.5, 0.6) is 5.75 Å². The molecule has 0 saturated carbocycles. The number of amides is 1. The molecule has 1 aromatic heterocycles. The number of nitrogens with one attached hydrogen (secondary N) is 1. The highest BCUT2D eigenvalue weighted by Gasteiger charge is 2.23. The number of anilines is 1. The lowest BCUT2D eigenvalue weighted by molar-refractivity contribution is -0.115. The Bertz CT molecular complexity index is 1270. The van der Waals surface area contributed by atoms with Crippen LogP contribution in [0.15, 0.2) is 78.0 Å². The molecule has 0 aliphatic heterocycles. The summed E-state index contributed by atoms with van der Waals surface area (Å²) in [7, 11) is 1.55. The molecule has 0 fully saturated rings. The van der Waals surface area contributed by atoms with Gasteiger partial charge in [0, 0.05) is 5.69 Å². The Morgan fingerprint density at radius 2 is 1.73 bits per heavy atom. The number of aromatic nitrogens is 3. The molecule has 1 unspecified atom stereocenters. The summed E-state index contributed by atoms with van der Waals surface area (Å²) in [4.78, 5) is 12.9. The van der Waals surface area contributed by atoms with Crippen molar-refractivity contribution in [2.24, 2.45) is 0 Å². The lowest BCUT2D eigenvalue weighted by Crippen LogP contribution is -2.23. The van der Waals surface area contributed by atoms with E-state index < -0.39 is 11.1 Å². The maximum absolute atomic E-state index is 14.6. The van der Waals surface area contributed by atoms with Gasteiger partial charge in [-0.05, 0) is 50.2 Å². The van der Waals surface area contributed by atoms with E-state index in [9.17, 15) is 9.18 Å². The van der Waals surface area contributed by atoms with Gasteiger partial charge in [-0.3, -0.25) is 9.36 Å². The van der Waals surface area contributed by atoms with Gasteiger partial charge in [-0.2, -0.15) is 0 Å². The third kappa shape index (κ3) is 4.90. The Labute approximate surface area is 195 Å². The number of carbonyl (C=O) groups is 1. The van der Waals surface area contributed by atoms with Crippen molar-refractivity contribution in [3.63, 3.8) is 0 Å². The largest absolute Gasteiger partial charge is 0.495 e. The third-order valence-corrected chi connectivity index (χ3v) is 6.10. The monoisotopic (exact) mass is 462 g/mol. The molecule has 0 bridgehead atoms. The van der Waals surface area contributed by atoms with Gasteiger partial charge in [0.05, 0.1) is 23.6 Å². The van der Waals surface area contributed by atoms with E-state index in [1.807, 2.05) is 43.3 Å². The van der Waals surface area contributed by atoms with Gasteiger partial charge in [-0.1, -0.05) is 53.7 Å². The fraction of sp³-hybridized carbons (Fsp3) is 0.160. The van der Waals surface area contributed by atoms with E-state index in [0.717, 1.165) is 11.3 Å². The molecule has 0 saturated heterocycles. The molecule has 1 N–H and O–H groups in total. The molecule has 33 heavy (non-hydrogen) atoms. The molecule has 1 amide bonds. The standard InChI is InChI=1S/C25H23FN4O2S/c1-16-12-14-18(15-13-16)30-23(19-8-4-5-9-20(19)26)28-29-25(30)33-17(2)24(31)27-21-10-6-7-11-22(21)32-3/h4-15,17H,1-3H3,(H,27,31). The predicted molar refractivity (Wildman–Crippen MR) is 128 cm³/mol. The predicted octanol–water partition coefficient (Wildman–Crippen LogP) is 5.51. The number of hydrogen-bond donors (Lipinski definition) is 1. The van der Waals surface area contributed by atoms with E-state index in [1.54, 1.807) is 48.9 Å². The molecule has 6 nitrogen and oxygen atoms in total. The number of thioether (sulfide) groups is 1. The summed E-state index contributed by atoms with van der Waals surface area (Å²) in [6, 6.07) is 21.4. The van der Waals surface area contributed by atoms with Crippen LogP contribution in [0.2, 0.25) is 0 Å². The molecule has 1 atom stereocenters. The summed E-state index contributed by atoms with van der Waals surface area (Å²) in [5, 5.41) is 11.4. The zero-order chi connectivity index (χ0) is 23.4. The van der Waals surface area contributed by atoms with Crippen LogP contribution in [-0.4, -0.2) is 33.0 Å². The smallest absolute Gasteiger partial charge is 0.237 e. The number of ether oxygens (including phenoxy) is 1. The molecule has 8 heteroatoms. The minimum atomic E-state index is -0.503. The second kappa shape index (κ2) is 9.87. The first kappa shape index (κ1) is 22.5. The van der Waals surface area contributed by atoms with Crippen LogP contribution in [0.1, 0.15) is 12.5 Å². The van der Waals surface area contributed by atoms with Gasteiger partial charge in [-0.15, -0.1) is 10.2 Å². The zero-order valence-electron chi connectivity index (χ0n) is 18.4. The van der Waals surface area contributed by atoms with Gasteiger partial charge in [0.25, 0.3) is 0 Å². The molecule has 0 aliphatic rings. The van der Waals surface area contributed by atoms with Crippen LogP contribution >= 0.6 is 11.8 Å². The van der Waals surface area contributed by atoms with Crippen LogP contribution < -0.4 is 10.1 Å². The number of para-hydroxylation sites is 2. The minimum absolute atomic E-state index is 0.213. The number of nitrogens with zero attached hydrogens (tertiary/aromatic N) is 3. The highest BCUT2D eigenvalue weighted by molar-refractivity contribution is 8.00. The maximum Gasteiger partial charge on any atom is 0.237 e. The first-order chi connectivity index (χ1) is 16.0. The number of halogens is 1. The Balaban J connectivity index is 1.67. The molecule has 0 spiro atoms. The number of aryl methyl sites for hydroxylation is 1. The van der Waals surface area contributed by atoms with Gasteiger partial charge in [0.15, 0.2) is 11.0 Å². The van der Waals surface area contributed by atoms with E-state index >= 15 is 0 Å². The van der Waals surface area contributed by atoms with E-state index in [2.05, 4.69) is 15.5 Å². The molecule has 1 heterocycles. The normalized spacial score (nSPS) is 11.8. The van der Waals surface area contributed by atoms with Gasteiger partial charge >= 0.3 is 0 Å². The van der Waals surface area contributed by atoms with Crippen molar-refractivity contribution >= 4 is 23.4 Å². The summed E-state index contributed by atoms with van der Waals surface area (Å²) >= 11 is 1.25. The van der Waals surface area contributed by atoms with Crippen molar-refractivity contribution in [1.29, 1.82) is 0 Å². The molecule has 3 aromatic carbocycles. The topological polar surface area (TPSA) is 69.0 Å². The second-order valence-electron chi connectivity index (χ2n) is 7.41. The van der Waals surface area contributed by atoms with Gasteiger partial charge in [0.1, 0.15) is 11.6 Å². The summed E-state index contributed by atoms with van der Waals surface area (Å²) in [6.07, 6.45) is 0. The molecule has 0 aliphatic carbocycles. The molecule has 0 radical (unpaired) electrons. The molecule has 4 aromatic rings. The molecular formula is C25H23FN4O2S. The number of methoxy groups -OCH3 is 1. The van der Waals surface area contributed by atoms with Gasteiger partial charge < -0.3 is 10.1 Å². The fourth-order valence-electron chi connectivity index (χ4n) is 3.28. The minimum Gasteiger partial charge on any atom is -0.495 e. The van der Waals surface area contributed by atoms with Crippen LogP contribution in [0.3, 0.4) is 0 Å². The molecular weight excluding hydrogens is 439 g/mol. The lowest BCUT2D eigenvalue weighted by atomic mass is 10.2. The average Bonchev–Trinajstić information content (AvgIpc) is 3.23. The third-order valence-electron chi connectivity index (χ3n) is 5.06. The zero-order valence-corrected chi connectivity index (χ0v) is 19.3. The summed E-state index contributed by atoms with van der Waals surface area (Å²) in [5.74, 6) is 0.344. The highest BCUT2D eigenvalue weighted by Crippen LogP contribution is 2.32. The average molecular weight is 463 g/mol. The Kier molecular flexibility index (Phi) is 6.74. The number of hydrogen-bond acceptors (Lipinski definition) is 5. The van der Waals surface area contributed by atoms with Crippen molar-refractivity contribution in [3.05, 3.63) is 84.2 Å². The number of benzene rings is 3. The molecule has 168 valence electrons. The highest BCUT2D eigenvalue weighted by atomic mass is 32.2. The summed E-state index contributed by atoms with van der Waals surface area (Å²) < 4.78 is 21.7. The molecule has 4 rings (SSSR count). The van der Waals surface area contributed by atoms with Gasteiger partial charge in [0.2, 0.25) is 5.91 Å². The van der Waals surface area contributed by atoms with Crippen molar-refractivity contribution in [2.75, 3.05) is 12.4 Å². The van der Waals surface area contributed by atoms with Crippen molar-refractivity contribution in [1.82, 2.24) is 14.8 Å². The Hall–Kier alpha value is -3.65. The second-order valence-corrected chi connectivity index (χ2v) is 8.71. The first-order valence-corrected chi connectivity index (χ1v) is 11.2. The SMILES string of the molecule is COc1ccccc1NC(=O)C(C)Sc1nnc(-c2ccccc2F)n1-c1ccc(C)cc1. The Morgan fingerprint density at radius 3 is 2.45 bits per heavy atom. The lowest BCUT2D eigenvalue weighted by Gasteiger charge is -2.15. The van der Waals surface area contributed by atoms with Gasteiger partial charge in [-0.25, -0.2) is 4.39 Å². The van der Waals surface area contributed by atoms with Crippen molar-refractivity contribution < 1.29 is 13.9 Å². The van der Waals surface area contributed by atoms with E-state index in [-0.39, 0.29) is 5.91 Å². The first-order valence-electron chi connectivity index (χ1n) is 10.4. The van der Waals surface area contributed by atoms with Crippen molar-refractivity contribution in [3.8, 4) is 22.8 Å². The Morgan fingerprint density at radius 1 is 1.03 bits per heavy atom.